The lowest BCUT2D eigenvalue weighted by molar-refractivity contribution is -0.121. The second-order valence-corrected chi connectivity index (χ2v) is 2.08. The van der Waals surface area contributed by atoms with Crippen molar-refractivity contribution in [3.8, 4) is 0 Å². The number of nitrogens with one attached hydrogen (secondary N) is 2. The summed E-state index contributed by atoms with van der Waals surface area (Å²) in [6.45, 7) is 5.77. The van der Waals surface area contributed by atoms with Crippen LogP contribution in [-0.4, -0.2) is 24.9 Å². The van der Waals surface area contributed by atoms with Crippen molar-refractivity contribution in [2.45, 2.75) is 13.3 Å². The van der Waals surface area contributed by atoms with Gasteiger partial charge in [-0.2, -0.15) is 0 Å². The number of amides is 2. The lowest BCUT2D eigenvalue weighted by Gasteiger charge is -2.02. The molecule has 0 saturated heterocycles. The standard InChI is InChI=1S/C7H13N2O2/c1-3-7(11)9-5-4-8-6(2)10/h1,3-5H2,2H3,(H,8,10)(H,9,11). The van der Waals surface area contributed by atoms with Crippen LogP contribution < -0.4 is 10.6 Å². The molecule has 4 nitrogen and oxygen atoms in total. The van der Waals surface area contributed by atoms with Crippen LogP contribution in [0.3, 0.4) is 0 Å². The van der Waals surface area contributed by atoms with E-state index in [0.29, 0.717) is 13.1 Å². The molecular weight excluding hydrogens is 144 g/mol. The van der Waals surface area contributed by atoms with Gasteiger partial charge in [-0.15, -0.1) is 0 Å². The first kappa shape index (κ1) is 9.94. The Balaban J connectivity index is 3.14. The monoisotopic (exact) mass is 157 g/mol. The van der Waals surface area contributed by atoms with E-state index in [1.54, 1.807) is 0 Å². The minimum atomic E-state index is -0.102. The zero-order chi connectivity index (χ0) is 8.69. The van der Waals surface area contributed by atoms with E-state index in [-0.39, 0.29) is 18.2 Å². The molecular formula is C7H13N2O2. The van der Waals surface area contributed by atoms with Crippen LogP contribution in [0.25, 0.3) is 0 Å². The van der Waals surface area contributed by atoms with Gasteiger partial charge in [0, 0.05) is 26.4 Å². The highest BCUT2D eigenvalue weighted by molar-refractivity contribution is 5.76. The maximum atomic E-state index is 10.6. The van der Waals surface area contributed by atoms with Crippen LogP contribution in [0.2, 0.25) is 0 Å². The first-order valence-corrected chi connectivity index (χ1v) is 3.47. The molecule has 0 aliphatic rings. The average Bonchev–Trinajstić information content (AvgIpc) is 1.97. The summed E-state index contributed by atoms with van der Waals surface area (Å²) in [5, 5.41) is 5.12. The summed E-state index contributed by atoms with van der Waals surface area (Å²) in [4.78, 5) is 20.9. The molecule has 2 N–H and O–H groups in total. The lowest BCUT2D eigenvalue weighted by atomic mass is 10.4. The first-order chi connectivity index (χ1) is 5.16. The van der Waals surface area contributed by atoms with Crippen molar-refractivity contribution in [2.24, 2.45) is 0 Å². The number of carbonyl (C=O) groups excluding carboxylic acids is 2. The maximum Gasteiger partial charge on any atom is 0.220 e. The van der Waals surface area contributed by atoms with Crippen LogP contribution in [0.4, 0.5) is 0 Å². The van der Waals surface area contributed by atoms with Gasteiger partial charge in [0.05, 0.1) is 0 Å². The summed E-state index contributed by atoms with van der Waals surface area (Å²) < 4.78 is 0. The Labute approximate surface area is 66.4 Å². The molecule has 0 heterocycles. The van der Waals surface area contributed by atoms with Crippen LogP contribution >= 0.6 is 0 Å². The van der Waals surface area contributed by atoms with Crippen molar-refractivity contribution >= 4 is 11.8 Å². The fourth-order valence-corrected chi connectivity index (χ4v) is 0.529. The van der Waals surface area contributed by atoms with Crippen molar-refractivity contribution in [1.82, 2.24) is 10.6 Å². The first-order valence-electron chi connectivity index (χ1n) is 3.47. The van der Waals surface area contributed by atoms with Crippen molar-refractivity contribution in [1.29, 1.82) is 0 Å². The molecule has 0 atom stereocenters. The Hall–Kier alpha value is -1.06. The third kappa shape index (κ3) is 6.83. The summed E-state index contributed by atoms with van der Waals surface area (Å²) in [6, 6.07) is 0. The molecule has 63 valence electrons. The van der Waals surface area contributed by atoms with Crippen molar-refractivity contribution in [3.63, 3.8) is 0 Å². The second-order valence-electron chi connectivity index (χ2n) is 2.08. The van der Waals surface area contributed by atoms with Gasteiger partial charge < -0.3 is 10.6 Å². The van der Waals surface area contributed by atoms with E-state index in [4.69, 9.17) is 0 Å². The van der Waals surface area contributed by atoms with Gasteiger partial charge in [-0.25, -0.2) is 0 Å². The lowest BCUT2D eigenvalue weighted by Crippen LogP contribution is -2.33. The van der Waals surface area contributed by atoms with Gasteiger partial charge >= 0.3 is 0 Å². The van der Waals surface area contributed by atoms with Crippen LogP contribution in [0.15, 0.2) is 0 Å². The van der Waals surface area contributed by atoms with E-state index >= 15 is 0 Å². The van der Waals surface area contributed by atoms with Gasteiger partial charge in [-0.3, -0.25) is 9.59 Å². The highest BCUT2D eigenvalue weighted by atomic mass is 16.2. The van der Waals surface area contributed by atoms with E-state index in [0.717, 1.165) is 0 Å². The van der Waals surface area contributed by atoms with E-state index in [2.05, 4.69) is 17.6 Å². The summed E-state index contributed by atoms with van der Waals surface area (Å²) in [5.74, 6) is -0.191. The van der Waals surface area contributed by atoms with E-state index < -0.39 is 0 Å². The number of carbonyl (C=O) groups is 2. The molecule has 0 aromatic rings. The molecule has 0 aromatic heterocycles. The van der Waals surface area contributed by atoms with Crippen LogP contribution in [0.1, 0.15) is 13.3 Å². The van der Waals surface area contributed by atoms with Crippen molar-refractivity contribution < 1.29 is 9.59 Å². The minimum Gasteiger partial charge on any atom is -0.355 e. The largest absolute Gasteiger partial charge is 0.355 e. The quantitative estimate of drug-likeness (QED) is 0.539. The Morgan fingerprint density at radius 1 is 1.27 bits per heavy atom. The van der Waals surface area contributed by atoms with Gasteiger partial charge in [-0.1, -0.05) is 0 Å². The molecule has 0 spiro atoms. The third-order valence-corrected chi connectivity index (χ3v) is 1.05. The highest BCUT2D eigenvalue weighted by Gasteiger charge is 1.94. The van der Waals surface area contributed by atoms with Gasteiger partial charge in [0.1, 0.15) is 0 Å². The second kappa shape index (κ2) is 5.70. The molecule has 0 aliphatic carbocycles. The van der Waals surface area contributed by atoms with Crippen LogP contribution in [0, 0.1) is 6.92 Å². The fourth-order valence-electron chi connectivity index (χ4n) is 0.529. The molecule has 11 heavy (non-hydrogen) atoms. The van der Waals surface area contributed by atoms with Gasteiger partial charge in [0.2, 0.25) is 11.8 Å². The molecule has 0 bridgehead atoms. The molecule has 2 amide bonds. The Kier molecular flexibility index (Phi) is 5.15. The highest BCUT2D eigenvalue weighted by Crippen LogP contribution is 1.71. The predicted octanol–water partition coefficient (Wildman–Crippen LogP) is -0.537. The summed E-state index contributed by atoms with van der Waals surface area (Å²) in [6.07, 6.45) is 0.236. The number of hydrogen-bond donors (Lipinski definition) is 2. The third-order valence-electron chi connectivity index (χ3n) is 1.05. The summed E-state index contributed by atoms with van der Waals surface area (Å²) in [7, 11) is 0. The van der Waals surface area contributed by atoms with Gasteiger partial charge in [0.15, 0.2) is 0 Å². The van der Waals surface area contributed by atoms with Crippen LogP contribution in [-0.2, 0) is 9.59 Å². The average molecular weight is 157 g/mol. The predicted molar refractivity (Wildman–Crippen MR) is 41.7 cm³/mol. The molecule has 0 fully saturated rings. The zero-order valence-electron chi connectivity index (χ0n) is 6.64. The summed E-state index contributed by atoms with van der Waals surface area (Å²) in [5.41, 5.74) is 0. The summed E-state index contributed by atoms with van der Waals surface area (Å²) >= 11 is 0. The molecule has 4 heteroatoms. The Morgan fingerprint density at radius 2 is 1.82 bits per heavy atom. The smallest absolute Gasteiger partial charge is 0.220 e. The SMILES string of the molecule is [CH2]CC(=O)NCCNC(C)=O. The topological polar surface area (TPSA) is 58.2 Å². The van der Waals surface area contributed by atoms with E-state index in [1.807, 2.05) is 0 Å². The van der Waals surface area contributed by atoms with Gasteiger partial charge in [-0.05, 0) is 6.92 Å². The fraction of sp³-hybridized carbons (Fsp3) is 0.571. The Morgan fingerprint density at radius 3 is 2.27 bits per heavy atom. The number of rotatable bonds is 4. The molecule has 0 rings (SSSR count). The minimum absolute atomic E-state index is 0.0890. The molecule has 0 aromatic carbocycles. The number of hydrogen-bond acceptors (Lipinski definition) is 2. The Bertz CT molecular complexity index is 145. The van der Waals surface area contributed by atoms with E-state index in [1.165, 1.54) is 6.92 Å². The van der Waals surface area contributed by atoms with Crippen molar-refractivity contribution in [3.05, 3.63) is 6.92 Å². The van der Waals surface area contributed by atoms with E-state index in [9.17, 15) is 9.59 Å². The molecule has 0 saturated carbocycles. The maximum absolute atomic E-state index is 10.6. The zero-order valence-corrected chi connectivity index (χ0v) is 6.64. The van der Waals surface area contributed by atoms with Crippen molar-refractivity contribution in [2.75, 3.05) is 13.1 Å². The normalized spacial score (nSPS) is 8.91. The van der Waals surface area contributed by atoms with Crippen LogP contribution in [0.5, 0.6) is 0 Å². The van der Waals surface area contributed by atoms with Gasteiger partial charge in [0.25, 0.3) is 0 Å². The molecule has 0 unspecified atom stereocenters. The molecule has 0 aliphatic heterocycles. The molecule has 1 radical (unpaired) electrons.